The molecular weight excluding hydrogens is 492 g/mol. The molecule has 0 saturated carbocycles. The third-order valence-electron chi connectivity index (χ3n) is 7.33. The zero-order valence-electron chi connectivity index (χ0n) is 24.5. The Balaban J connectivity index is 4.63. The minimum absolute atomic E-state index is 0.439. The lowest BCUT2D eigenvalue weighted by atomic mass is 10.1. The molecule has 1 unspecified atom stereocenters. The van der Waals surface area contributed by atoms with E-state index in [2.05, 4.69) is 25.1 Å². The number of rotatable bonds is 28. The number of unbranched alkanes of at least 4 members (excludes halogenated alkanes) is 20. The predicted octanol–water partition coefficient (Wildman–Crippen LogP) is 8.94. The molecule has 6 nitrogen and oxygen atoms in total. The molecule has 1 atom stereocenters. The van der Waals surface area contributed by atoms with Crippen molar-refractivity contribution >= 4 is 10.0 Å². The number of hydrogen-bond donors (Lipinski definition) is 0. The highest BCUT2D eigenvalue weighted by atomic mass is 32.2. The smallest absolute Gasteiger partial charge is 0.211 e. The minimum atomic E-state index is -3.62. The van der Waals surface area contributed by atoms with Crippen molar-refractivity contribution in [2.45, 2.75) is 166 Å². The highest BCUT2D eigenvalue weighted by molar-refractivity contribution is 7.90. The van der Waals surface area contributed by atoms with Gasteiger partial charge in [0.15, 0.2) is 5.25 Å². The van der Waals surface area contributed by atoms with Crippen LogP contribution in [0.1, 0.15) is 161 Å². The van der Waals surface area contributed by atoms with Crippen molar-refractivity contribution in [3.63, 3.8) is 0 Å². The quantitative estimate of drug-likeness (QED) is 0.0906. The third-order valence-corrected chi connectivity index (χ3v) is 9.47. The molecule has 0 rings (SSSR count). The van der Waals surface area contributed by atoms with Gasteiger partial charge >= 0.3 is 0 Å². The summed E-state index contributed by atoms with van der Waals surface area (Å²) >= 11 is 0. The average Bonchev–Trinajstić information content (AvgIpc) is 2.91. The number of nitriles is 3. The maximum Gasteiger partial charge on any atom is 0.230 e. The summed E-state index contributed by atoms with van der Waals surface area (Å²) < 4.78 is 28.5. The molecule has 0 aliphatic carbocycles. The van der Waals surface area contributed by atoms with Gasteiger partial charge in [0.05, 0.1) is 18.2 Å². The molecule has 7 heteroatoms. The van der Waals surface area contributed by atoms with Crippen LogP contribution in [0.3, 0.4) is 0 Å². The zero-order chi connectivity index (χ0) is 28.2. The first-order valence-corrected chi connectivity index (χ1v) is 17.2. The molecule has 0 radical (unpaired) electrons. The van der Waals surface area contributed by atoms with E-state index in [0.29, 0.717) is 32.4 Å². The Bertz CT molecular complexity index is 732. The van der Waals surface area contributed by atoms with Crippen LogP contribution < -0.4 is 0 Å². The van der Waals surface area contributed by atoms with Gasteiger partial charge < -0.3 is 0 Å². The van der Waals surface area contributed by atoms with Crippen molar-refractivity contribution in [3.8, 4) is 18.2 Å². The van der Waals surface area contributed by atoms with Gasteiger partial charge in [0.25, 0.3) is 0 Å². The molecule has 218 valence electrons. The van der Waals surface area contributed by atoms with Crippen LogP contribution in [0.2, 0.25) is 0 Å². The largest absolute Gasteiger partial charge is 0.230 e. The van der Waals surface area contributed by atoms with E-state index < -0.39 is 15.3 Å². The van der Waals surface area contributed by atoms with Crippen molar-refractivity contribution in [2.24, 2.45) is 0 Å². The molecule has 0 aromatic carbocycles. The predicted molar refractivity (Wildman–Crippen MR) is 158 cm³/mol. The first kappa shape index (κ1) is 36.4. The molecule has 0 fully saturated rings. The molecule has 0 aromatic heterocycles. The third kappa shape index (κ3) is 20.4. The summed E-state index contributed by atoms with van der Waals surface area (Å²) in [6.07, 6.45) is 24.0. The average molecular weight is 549 g/mol. The topological polar surface area (TPSA) is 109 Å². The molecular formula is C31H56N4O2S. The maximum atomic E-state index is 13.5. The van der Waals surface area contributed by atoms with Crippen LogP contribution in [0.4, 0.5) is 0 Å². The number of sulfonamides is 1. The van der Waals surface area contributed by atoms with Crippen LogP contribution in [-0.2, 0) is 10.0 Å². The Kier molecular flexibility index (Phi) is 25.8. The molecule has 0 saturated heterocycles. The van der Waals surface area contributed by atoms with E-state index in [9.17, 15) is 13.7 Å². The fourth-order valence-corrected chi connectivity index (χ4v) is 6.59. The van der Waals surface area contributed by atoms with E-state index in [-0.39, 0.29) is 0 Å². The Morgan fingerprint density at radius 2 is 0.921 bits per heavy atom. The molecule has 38 heavy (non-hydrogen) atoms. The van der Waals surface area contributed by atoms with Gasteiger partial charge in [-0.15, -0.1) is 0 Å². The SMILES string of the molecule is CCCCCCCCCC(C#N)S(=O)(=O)N(CCCCCCCCCC#N)CCCCCCCCCC#N. The summed E-state index contributed by atoms with van der Waals surface area (Å²) in [5.74, 6) is 0. The van der Waals surface area contributed by atoms with Crippen LogP contribution in [0.25, 0.3) is 0 Å². The molecule has 0 amide bonds. The van der Waals surface area contributed by atoms with E-state index in [0.717, 1.165) is 109 Å². The summed E-state index contributed by atoms with van der Waals surface area (Å²) in [5.41, 5.74) is 0. The van der Waals surface area contributed by atoms with Crippen molar-refractivity contribution < 1.29 is 8.42 Å². The van der Waals surface area contributed by atoms with Crippen LogP contribution in [0.5, 0.6) is 0 Å². The number of nitrogens with zero attached hydrogens (tertiary/aromatic N) is 4. The lowest BCUT2D eigenvalue weighted by Gasteiger charge is -2.25. The van der Waals surface area contributed by atoms with Gasteiger partial charge in [-0.25, -0.2) is 12.7 Å². The summed E-state index contributed by atoms with van der Waals surface area (Å²) in [6.45, 7) is 3.23. The van der Waals surface area contributed by atoms with Crippen LogP contribution >= 0.6 is 0 Å². The highest BCUT2D eigenvalue weighted by Crippen LogP contribution is 2.20. The minimum Gasteiger partial charge on any atom is -0.211 e. The fourth-order valence-electron chi connectivity index (χ4n) is 4.87. The first-order chi connectivity index (χ1) is 18.5. The Morgan fingerprint density at radius 1 is 0.553 bits per heavy atom. The van der Waals surface area contributed by atoms with Gasteiger partial charge in [-0.2, -0.15) is 15.8 Å². The van der Waals surface area contributed by atoms with E-state index in [4.69, 9.17) is 10.5 Å². The Hall–Kier alpha value is -1.62. The first-order valence-electron chi connectivity index (χ1n) is 15.7. The van der Waals surface area contributed by atoms with Gasteiger partial charge in [-0.3, -0.25) is 0 Å². The van der Waals surface area contributed by atoms with Crippen LogP contribution in [0.15, 0.2) is 0 Å². The second-order valence-electron chi connectivity index (χ2n) is 10.7. The fraction of sp³-hybridized carbons (Fsp3) is 0.903. The van der Waals surface area contributed by atoms with Gasteiger partial charge in [-0.05, 0) is 32.1 Å². The van der Waals surface area contributed by atoms with Crippen molar-refractivity contribution in [3.05, 3.63) is 0 Å². The van der Waals surface area contributed by atoms with Crippen molar-refractivity contribution in [1.29, 1.82) is 15.8 Å². The molecule has 0 aromatic rings. The van der Waals surface area contributed by atoms with Crippen molar-refractivity contribution in [2.75, 3.05) is 13.1 Å². The molecule has 0 bridgehead atoms. The molecule has 0 spiro atoms. The number of hydrogen-bond acceptors (Lipinski definition) is 5. The molecule has 0 aliphatic heterocycles. The van der Waals surface area contributed by atoms with Crippen LogP contribution in [0, 0.1) is 34.0 Å². The second kappa shape index (κ2) is 27.0. The van der Waals surface area contributed by atoms with Gasteiger partial charge in [0.1, 0.15) is 0 Å². The molecule has 0 N–H and O–H groups in total. The van der Waals surface area contributed by atoms with E-state index in [1.54, 1.807) is 4.31 Å². The lowest BCUT2D eigenvalue weighted by molar-refractivity contribution is 0.378. The molecule has 0 aliphatic rings. The van der Waals surface area contributed by atoms with Gasteiger partial charge in [0.2, 0.25) is 10.0 Å². The van der Waals surface area contributed by atoms with E-state index >= 15 is 0 Å². The molecule has 0 heterocycles. The zero-order valence-corrected chi connectivity index (χ0v) is 25.3. The monoisotopic (exact) mass is 548 g/mol. The lowest BCUT2D eigenvalue weighted by Crippen LogP contribution is -2.39. The summed E-state index contributed by atoms with van der Waals surface area (Å²) in [4.78, 5) is 0. The normalized spacial score (nSPS) is 12.2. The summed E-state index contributed by atoms with van der Waals surface area (Å²) in [5, 5.41) is 26.1. The van der Waals surface area contributed by atoms with Gasteiger partial charge in [-0.1, -0.05) is 116 Å². The standard InChI is InChI=1S/C31H56N4O2S/c1-2-3-4-5-10-15-20-25-31(30-34)38(36,37)35(28-23-18-13-8-6-11-16-21-26-32)29-24-19-14-9-7-12-17-22-27-33/h31H,2-25,28-29H2,1H3. The van der Waals surface area contributed by atoms with Gasteiger partial charge in [0, 0.05) is 25.9 Å². The summed E-state index contributed by atoms with van der Waals surface area (Å²) in [6, 6.07) is 6.50. The second-order valence-corrected chi connectivity index (χ2v) is 12.9. The van der Waals surface area contributed by atoms with E-state index in [1.807, 2.05) is 0 Å². The highest BCUT2D eigenvalue weighted by Gasteiger charge is 2.31. The Labute approximate surface area is 235 Å². The Morgan fingerprint density at radius 3 is 1.32 bits per heavy atom. The summed E-state index contributed by atoms with van der Waals surface area (Å²) in [7, 11) is -3.62. The van der Waals surface area contributed by atoms with E-state index in [1.165, 1.54) is 25.7 Å². The van der Waals surface area contributed by atoms with Crippen molar-refractivity contribution in [1.82, 2.24) is 4.31 Å². The maximum absolute atomic E-state index is 13.5. The van der Waals surface area contributed by atoms with Crippen LogP contribution in [-0.4, -0.2) is 31.1 Å².